The molecule has 1 aliphatic carbocycles. The molecule has 46 valence electrons. The molecule has 0 aromatic carbocycles. The van der Waals surface area contributed by atoms with E-state index in [1.54, 1.807) is 0 Å². The van der Waals surface area contributed by atoms with E-state index in [0.717, 1.165) is 6.42 Å². The van der Waals surface area contributed by atoms with Gasteiger partial charge in [-0.1, -0.05) is 24.3 Å². The van der Waals surface area contributed by atoms with Crippen molar-refractivity contribution in [2.75, 3.05) is 0 Å². The summed E-state index contributed by atoms with van der Waals surface area (Å²) >= 11 is 0. The van der Waals surface area contributed by atoms with Crippen LogP contribution in [0, 0.1) is 0 Å². The number of allylic oxidation sites excluding steroid dienone is 4. The average molecular weight is 183 g/mol. The van der Waals surface area contributed by atoms with E-state index < -0.39 is 0 Å². The van der Waals surface area contributed by atoms with Gasteiger partial charge in [-0.2, -0.15) is 0 Å². The smallest absolute Gasteiger partial charge is 0 e. The van der Waals surface area contributed by atoms with Crippen LogP contribution in [-0.2, 0) is 33.0 Å². The fraction of sp³-hybridized carbons (Fsp3) is 0.200. The Hall–Kier alpha value is 0.467. The Morgan fingerprint density at radius 3 is 1.43 bits per heavy atom. The van der Waals surface area contributed by atoms with Crippen molar-refractivity contribution in [3.05, 3.63) is 24.3 Å². The summed E-state index contributed by atoms with van der Waals surface area (Å²) in [5, 5.41) is 0. The van der Waals surface area contributed by atoms with E-state index in [1.165, 1.54) is 0 Å². The molecule has 0 saturated carbocycles. The van der Waals surface area contributed by atoms with Gasteiger partial charge in [-0.3, -0.25) is 0 Å². The molecule has 0 aliphatic heterocycles. The zero-order valence-corrected chi connectivity index (χ0v) is 5.62. The first-order valence-electron chi connectivity index (χ1n) is 1.82. The largest absolute Gasteiger partial charge is 0.0808 e. The van der Waals surface area contributed by atoms with Crippen molar-refractivity contribution >= 4 is 0 Å². The summed E-state index contributed by atoms with van der Waals surface area (Å²) in [7, 11) is 0. The van der Waals surface area contributed by atoms with Crippen LogP contribution in [0.4, 0.5) is 0 Å². The van der Waals surface area contributed by atoms with Crippen molar-refractivity contribution in [3.8, 4) is 0 Å². The minimum atomic E-state index is 0. The van der Waals surface area contributed by atoms with E-state index in [0.29, 0.717) is 0 Å². The van der Waals surface area contributed by atoms with Crippen molar-refractivity contribution in [3.63, 3.8) is 0 Å². The van der Waals surface area contributed by atoms with Crippen LogP contribution in [-0.4, -0.2) is 0 Å². The van der Waals surface area contributed by atoms with Crippen LogP contribution in [0.5, 0.6) is 0 Å². The van der Waals surface area contributed by atoms with Crippen molar-refractivity contribution in [2.45, 2.75) is 6.42 Å². The van der Waals surface area contributed by atoms with Crippen LogP contribution in [0.15, 0.2) is 24.3 Å². The van der Waals surface area contributed by atoms with Crippen molar-refractivity contribution in [1.82, 2.24) is 0 Å². The molecule has 0 heterocycles. The van der Waals surface area contributed by atoms with Gasteiger partial charge < -0.3 is 0 Å². The molecule has 0 aromatic heterocycles. The summed E-state index contributed by atoms with van der Waals surface area (Å²) in [4.78, 5) is 0. The van der Waals surface area contributed by atoms with E-state index in [1.807, 2.05) is 0 Å². The Bertz CT molecular complexity index is 64.1. The van der Waals surface area contributed by atoms with Crippen molar-refractivity contribution in [1.29, 1.82) is 0 Å². The van der Waals surface area contributed by atoms with Crippen LogP contribution in [0.3, 0.4) is 0 Å². The molecule has 0 amide bonds. The molecule has 1 aliphatic rings. The molecule has 7 heavy (non-hydrogen) atoms. The molecular weight excluding hydrogens is 177 g/mol. The maximum Gasteiger partial charge on any atom is 0 e. The first-order valence-corrected chi connectivity index (χ1v) is 1.82. The Morgan fingerprint density at radius 1 is 0.857 bits per heavy atom. The monoisotopic (exact) mass is 182 g/mol. The molecule has 0 aromatic rings. The second kappa shape index (κ2) is 6.47. The van der Waals surface area contributed by atoms with Crippen LogP contribution in [0.25, 0.3) is 0 Å². The minimum absolute atomic E-state index is 0. The molecule has 0 saturated heterocycles. The summed E-state index contributed by atoms with van der Waals surface area (Å²) in [6.45, 7) is 0. The molecule has 0 spiro atoms. The third-order valence-electron chi connectivity index (χ3n) is 0.655. The van der Waals surface area contributed by atoms with Gasteiger partial charge in [0.2, 0.25) is 0 Å². The van der Waals surface area contributed by atoms with Gasteiger partial charge in [0, 0.05) is 33.0 Å². The van der Waals surface area contributed by atoms with E-state index >= 15 is 0 Å². The van der Waals surface area contributed by atoms with Gasteiger partial charge in [-0.25, -0.2) is 0 Å². The Morgan fingerprint density at radius 2 is 1.29 bits per heavy atom. The molecule has 1 rings (SSSR count). The van der Waals surface area contributed by atoms with Crippen molar-refractivity contribution < 1.29 is 33.0 Å². The van der Waals surface area contributed by atoms with Gasteiger partial charge in [-0.05, 0) is 6.42 Å². The van der Waals surface area contributed by atoms with Gasteiger partial charge in [0.15, 0.2) is 0 Å². The van der Waals surface area contributed by atoms with Gasteiger partial charge >= 0.3 is 0 Å². The first kappa shape index (κ1) is 10.4. The van der Waals surface area contributed by atoms with Gasteiger partial charge in [-0.15, -0.1) is 0 Å². The second-order valence-corrected chi connectivity index (χ2v) is 1.09. The Balaban J connectivity index is 0. The molecule has 0 unspecified atom stereocenters. The Kier molecular flexibility index (Phi) is 9.65. The number of hydrogen-bond acceptors (Lipinski definition) is 0. The molecule has 0 fully saturated rings. The summed E-state index contributed by atoms with van der Waals surface area (Å²) in [5.74, 6) is 0. The molecule has 0 atom stereocenters. The standard InChI is InChI=1S/C5H6.2Ni/c1-2-4-5-3-1;;/h1-4H,5H2;;. The first-order chi connectivity index (χ1) is 2.50. The fourth-order valence-corrected chi connectivity index (χ4v) is 0.393. The van der Waals surface area contributed by atoms with E-state index in [9.17, 15) is 0 Å². The van der Waals surface area contributed by atoms with Gasteiger partial charge in [0.1, 0.15) is 0 Å². The molecule has 0 radical (unpaired) electrons. The quantitative estimate of drug-likeness (QED) is 0.499. The van der Waals surface area contributed by atoms with Crippen LogP contribution in [0.1, 0.15) is 6.42 Å². The molecule has 0 bridgehead atoms. The summed E-state index contributed by atoms with van der Waals surface area (Å²) < 4.78 is 0. The maximum atomic E-state index is 2.12. The van der Waals surface area contributed by atoms with E-state index in [4.69, 9.17) is 0 Å². The van der Waals surface area contributed by atoms with Crippen molar-refractivity contribution in [2.24, 2.45) is 0 Å². The topological polar surface area (TPSA) is 0 Å². The number of hydrogen-bond donors (Lipinski definition) is 0. The summed E-state index contributed by atoms with van der Waals surface area (Å²) in [6, 6.07) is 0. The molecule has 0 nitrogen and oxygen atoms in total. The number of rotatable bonds is 0. The summed E-state index contributed by atoms with van der Waals surface area (Å²) in [6.07, 6.45) is 9.50. The van der Waals surface area contributed by atoms with Gasteiger partial charge in [0.05, 0.1) is 0 Å². The third kappa shape index (κ3) is 4.32. The Labute approximate surface area is 63.9 Å². The zero-order valence-electron chi connectivity index (χ0n) is 3.65. The fourth-order valence-electron chi connectivity index (χ4n) is 0.393. The van der Waals surface area contributed by atoms with Gasteiger partial charge in [0.25, 0.3) is 0 Å². The van der Waals surface area contributed by atoms with E-state index in [2.05, 4.69) is 24.3 Å². The van der Waals surface area contributed by atoms with E-state index in [-0.39, 0.29) is 33.0 Å². The van der Waals surface area contributed by atoms with Crippen LogP contribution in [0.2, 0.25) is 0 Å². The summed E-state index contributed by atoms with van der Waals surface area (Å²) in [5.41, 5.74) is 0. The van der Waals surface area contributed by atoms with Crippen LogP contribution >= 0.6 is 0 Å². The predicted octanol–water partition coefficient (Wildman–Crippen LogP) is 1.50. The average Bonchev–Trinajstić information content (AvgIpc) is 1.76. The normalized spacial score (nSPS) is 12.6. The zero-order chi connectivity index (χ0) is 3.54. The predicted molar refractivity (Wildman–Crippen MR) is 22.9 cm³/mol. The maximum absolute atomic E-state index is 2.12. The molecule has 0 N–H and O–H groups in total. The SMILES string of the molecule is C1=CCC=C1.[Ni].[Ni]. The second-order valence-electron chi connectivity index (χ2n) is 1.09. The van der Waals surface area contributed by atoms with Crippen LogP contribution < -0.4 is 0 Å². The molecule has 2 heteroatoms. The third-order valence-corrected chi connectivity index (χ3v) is 0.655. The minimum Gasteiger partial charge on any atom is -0.0808 e. The molecular formula is C5H6Ni2.